The third-order valence-corrected chi connectivity index (χ3v) is 3.73. The lowest BCUT2D eigenvalue weighted by Crippen LogP contribution is -2.12. The van der Waals surface area contributed by atoms with Crippen LogP contribution in [0.25, 0.3) is 10.9 Å². The smallest absolute Gasteiger partial charge is 0.300 e. The molecular formula is C13H12N4OS. The van der Waals surface area contributed by atoms with Crippen LogP contribution >= 0.6 is 11.3 Å². The number of carbonyl (C=O) groups excluding carboxylic acids is 1. The van der Waals surface area contributed by atoms with Crippen LogP contribution in [0.5, 0.6) is 0 Å². The van der Waals surface area contributed by atoms with E-state index in [0.29, 0.717) is 10.5 Å². The molecule has 2 aromatic heterocycles. The van der Waals surface area contributed by atoms with E-state index in [2.05, 4.69) is 15.2 Å². The first-order chi connectivity index (χ1) is 9.15. The zero-order valence-corrected chi connectivity index (χ0v) is 11.4. The average Bonchev–Trinajstić information content (AvgIpc) is 2.96. The van der Waals surface area contributed by atoms with Crippen LogP contribution in [0.3, 0.4) is 0 Å². The molecule has 0 radical (unpaired) electrons. The highest BCUT2D eigenvalue weighted by molar-refractivity contribution is 7.07. The lowest BCUT2D eigenvalue weighted by atomic mass is 10.1. The van der Waals surface area contributed by atoms with Gasteiger partial charge in [-0.25, -0.2) is 0 Å². The number of benzene rings is 1. The van der Waals surface area contributed by atoms with Crippen LogP contribution in [0.2, 0.25) is 0 Å². The Hall–Kier alpha value is -2.21. The van der Waals surface area contributed by atoms with Gasteiger partial charge in [0, 0.05) is 24.0 Å². The molecule has 0 bridgehead atoms. The minimum Gasteiger partial charge on any atom is -0.327 e. The number of rotatable bonds is 1. The van der Waals surface area contributed by atoms with Crippen LogP contribution in [0.4, 0.5) is 0 Å². The Kier molecular flexibility index (Phi) is 2.79. The number of hydrogen-bond acceptors (Lipinski definition) is 3. The number of amides is 1. The van der Waals surface area contributed by atoms with Crippen molar-refractivity contribution in [2.45, 2.75) is 6.92 Å². The molecule has 1 N–H and O–H groups in total. The molecule has 0 atom stereocenters. The van der Waals surface area contributed by atoms with Crippen molar-refractivity contribution < 1.29 is 4.79 Å². The van der Waals surface area contributed by atoms with Crippen molar-refractivity contribution in [2.75, 3.05) is 0 Å². The Bertz CT molecular complexity index is 824. The first-order valence-corrected chi connectivity index (χ1v) is 6.67. The molecule has 0 aliphatic heterocycles. The van der Waals surface area contributed by atoms with Gasteiger partial charge in [0.25, 0.3) is 0 Å². The predicted molar refractivity (Wildman–Crippen MR) is 74.0 cm³/mol. The first-order valence-electron chi connectivity index (χ1n) is 5.79. The molecule has 3 aromatic rings. The van der Waals surface area contributed by atoms with E-state index in [4.69, 9.17) is 0 Å². The van der Waals surface area contributed by atoms with Crippen LogP contribution in [0, 0.1) is 6.92 Å². The Morgan fingerprint density at radius 2 is 2.32 bits per heavy atom. The fourth-order valence-electron chi connectivity index (χ4n) is 1.87. The average molecular weight is 272 g/mol. The maximum Gasteiger partial charge on any atom is 0.300 e. The molecule has 19 heavy (non-hydrogen) atoms. The monoisotopic (exact) mass is 272 g/mol. The van der Waals surface area contributed by atoms with E-state index < -0.39 is 0 Å². The van der Waals surface area contributed by atoms with E-state index in [1.165, 1.54) is 11.3 Å². The second kappa shape index (κ2) is 4.47. The van der Waals surface area contributed by atoms with Crippen LogP contribution in [0.1, 0.15) is 16.1 Å². The van der Waals surface area contributed by atoms with Gasteiger partial charge in [0.05, 0.1) is 5.52 Å². The SMILES string of the molecule is Cc1ccc2[nH]nc(C(=O)N=c3sccn3C)c2c1. The minimum atomic E-state index is -0.324. The second-order valence-electron chi connectivity index (χ2n) is 4.33. The van der Waals surface area contributed by atoms with Crippen molar-refractivity contribution in [1.82, 2.24) is 14.8 Å². The number of hydrogen-bond donors (Lipinski definition) is 1. The molecule has 0 saturated carbocycles. The second-order valence-corrected chi connectivity index (χ2v) is 5.21. The van der Waals surface area contributed by atoms with Crippen LogP contribution in [-0.2, 0) is 7.05 Å². The highest BCUT2D eigenvalue weighted by Crippen LogP contribution is 2.17. The van der Waals surface area contributed by atoms with E-state index in [-0.39, 0.29) is 5.91 Å². The minimum absolute atomic E-state index is 0.324. The standard InChI is InChI=1S/C13H12N4OS/c1-8-3-4-10-9(7-8)11(16-15-10)12(18)14-13-17(2)5-6-19-13/h3-7H,1-2H3,(H,15,16). The number of fused-ring (bicyclic) bond motifs is 1. The van der Waals surface area contributed by atoms with E-state index in [1.807, 2.05) is 48.3 Å². The third kappa shape index (κ3) is 2.10. The molecular weight excluding hydrogens is 260 g/mol. The van der Waals surface area contributed by atoms with E-state index in [9.17, 15) is 4.79 Å². The normalized spacial score (nSPS) is 12.2. The quantitative estimate of drug-likeness (QED) is 0.736. The van der Waals surface area contributed by atoms with Gasteiger partial charge >= 0.3 is 5.91 Å². The number of nitrogens with zero attached hydrogens (tertiary/aromatic N) is 3. The highest BCUT2D eigenvalue weighted by Gasteiger charge is 2.13. The molecule has 2 heterocycles. The molecule has 1 aromatic carbocycles. The fourth-order valence-corrected chi connectivity index (χ4v) is 2.59. The molecule has 0 saturated heterocycles. The molecule has 1 amide bonds. The summed E-state index contributed by atoms with van der Waals surface area (Å²) in [6.45, 7) is 1.98. The zero-order valence-electron chi connectivity index (χ0n) is 10.5. The molecule has 6 heteroatoms. The maximum absolute atomic E-state index is 12.2. The number of aromatic amines is 1. The van der Waals surface area contributed by atoms with Crippen molar-refractivity contribution in [3.05, 3.63) is 45.8 Å². The maximum atomic E-state index is 12.2. The van der Waals surface area contributed by atoms with Crippen molar-refractivity contribution in [2.24, 2.45) is 12.0 Å². The van der Waals surface area contributed by atoms with Gasteiger partial charge in [-0.05, 0) is 19.1 Å². The summed E-state index contributed by atoms with van der Waals surface area (Å²) in [5.74, 6) is -0.324. The third-order valence-electron chi connectivity index (χ3n) is 2.88. The van der Waals surface area contributed by atoms with Gasteiger partial charge in [0.15, 0.2) is 10.5 Å². The number of carbonyl (C=O) groups is 1. The van der Waals surface area contributed by atoms with Gasteiger partial charge < -0.3 is 4.57 Å². The van der Waals surface area contributed by atoms with Gasteiger partial charge in [-0.3, -0.25) is 9.89 Å². The van der Waals surface area contributed by atoms with Crippen molar-refractivity contribution in [1.29, 1.82) is 0 Å². The summed E-state index contributed by atoms with van der Waals surface area (Å²) in [7, 11) is 1.86. The van der Waals surface area contributed by atoms with Crippen LogP contribution in [0.15, 0.2) is 34.8 Å². The molecule has 0 unspecified atom stereocenters. The van der Waals surface area contributed by atoms with Gasteiger partial charge in [0.2, 0.25) is 0 Å². The number of aryl methyl sites for hydroxylation is 2. The Balaban J connectivity index is 2.13. The summed E-state index contributed by atoms with van der Waals surface area (Å²) in [4.78, 5) is 17.0. The molecule has 0 spiro atoms. The molecule has 5 nitrogen and oxygen atoms in total. The molecule has 0 aliphatic carbocycles. The zero-order chi connectivity index (χ0) is 13.4. The largest absolute Gasteiger partial charge is 0.327 e. The number of H-pyrrole nitrogens is 1. The Morgan fingerprint density at radius 3 is 3.05 bits per heavy atom. The Morgan fingerprint density at radius 1 is 1.47 bits per heavy atom. The van der Waals surface area contributed by atoms with Gasteiger partial charge in [-0.2, -0.15) is 10.1 Å². The summed E-state index contributed by atoms with van der Waals surface area (Å²) in [5.41, 5.74) is 2.30. The lowest BCUT2D eigenvalue weighted by Gasteiger charge is -1.94. The summed E-state index contributed by atoms with van der Waals surface area (Å²) in [5, 5.41) is 9.63. The van der Waals surface area contributed by atoms with Crippen LogP contribution < -0.4 is 4.80 Å². The fraction of sp³-hybridized carbons (Fsp3) is 0.154. The highest BCUT2D eigenvalue weighted by atomic mass is 32.1. The topological polar surface area (TPSA) is 63.0 Å². The van der Waals surface area contributed by atoms with Crippen LogP contribution in [-0.4, -0.2) is 20.7 Å². The number of nitrogens with one attached hydrogen (secondary N) is 1. The van der Waals surface area contributed by atoms with Gasteiger partial charge in [0.1, 0.15) is 0 Å². The van der Waals surface area contributed by atoms with E-state index in [0.717, 1.165) is 16.5 Å². The lowest BCUT2D eigenvalue weighted by molar-refractivity contribution is 0.0994. The molecule has 96 valence electrons. The number of aromatic nitrogens is 3. The molecule has 3 rings (SSSR count). The summed E-state index contributed by atoms with van der Waals surface area (Å²) >= 11 is 1.42. The van der Waals surface area contributed by atoms with Crippen molar-refractivity contribution in [3.63, 3.8) is 0 Å². The first kappa shape index (κ1) is 11.9. The predicted octanol–water partition coefficient (Wildman–Crippen LogP) is 2.01. The molecule has 0 aliphatic rings. The molecule has 0 fully saturated rings. The summed E-state index contributed by atoms with van der Waals surface area (Å²) in [6.07, 6.45) is 1.86. The number of thiazole rings is 1. The van der Waals surface area contributed by atoms with Gasteiger partial charge in [-0.1, -0.05) is 11.6 Å². The van der Waals surface area contributed by atoms with E-state index >= 15 is 0 Å². The van der Waals surface area contributed by atoms with Crippen molar-refractivity contribution in [3.8, 4) is 0 Å². The van der Waals surface area contributed by atoms with Gasteiger partial charge in [-0.15, -0.1) is 11.3 Å². The Labute approximate surface area is 113 Å². The summed E-state index contributed by atoms with van der Waals surface area (Å²) in [6, 6.07) is 5.83. The van der Waals surface area contributed by atoms with Crippen molar-refractivity contribution >= 4 is 28.1 Å². The summed E-state index contributed by atoms with van der Waals surface area (Å²) < 4.78 is 1.81. The van der Waals surface area contributed by atoms with E-state index in [1.54, 1.807) is 0 Å².